The van der Waals surface area contributed by atoms with Crippen LogP contribution in [0.25, 0.3) is 0 Å². The van der Waals surface area contributed by atoms with Gasteiger partial charge >= 0.3 is 5.97 Å². The summed E-state index contributed by atoms with van der Waals surface area (Å²) in [6, 6.07) is 3.65. The molecule has 0 saturated heterocycles. The summed E-state index contributed by atoms with van der Waals surface area (Å²) in [6.45, 7) is 4.89. The van der Waals surface area contributed by atoms with E-state index in [0.717, 1.165) is 31.2 Å². The Morgan fingerprint density at radius 1 is 1.28 bits per heavy atom. The number of anilines is 1. The van der Waals surface area contributed by atoms with Gasteiger partial charge in [-0.2, -0.15) is 0 Å². The summed E-state index contributed by atoms with van der Waals surface area (Å²) < 4.78 is 4.89. The van der Waals surface area contributed by atoms with Crippen LogP contribution in [0.5, 0.6) is 0 Å². The van der Waals surface area contributed by atoms with Crippen molar-refractivity contribution < 1.29 is 14.5 Å². The third kappa shape index (κ3) is 6.03. The first kappa shape index (κ1) is 19.2. The van der Waals surface area contributed by atoms with E-state index in [2.05, 4.69) is 5.32 Å². The summed E-state index contributed by atoms with van der Waals surface area (Å²) in [7, 11) is 0. The number of esters is 1. The van der Waals surface area contributed by atoms with Crippen molar-refractivity contribution in [2.45, 2.75) is 64.7 Å². The van der Waals surface area contributed by atoms with Crippen LogP contribution in [0, 0.1) is 17.0 Å². The number of hydrogen-bond acceptors (Lipinski definition) is 5. The van der Waals surface area contributed by atoms with Crippen LogP contribution in [0.15, 0.2) is 12.1 Å². The highest BCUT2D eigenvalue weighted by atomic mass is 16.6. The van der Waals surface area contributed by atoms with Crippen LogP contribution in [0.3, 0.4) is 0 Å². The van der Waals surface area contributed by atoms with Gasteiger partial charge in [-0.1, -0.05) is 12.8 Å². The Morgan fingerprint density at radius 2 is 2.00 bits per heavy atom. The number of rotatable bonds is 11. The Kier molecular flexibility index (Phi) is 7.22. The van der Waals surface area contributed by atoms with E-state index in [4.69, 9.17) is 4.74 Å². The van der Waals surface area contributed by atoms with Gasteiger partial charge in [0, 0.05) is 19.0 Å². The fourth-order valence-corrected chi connectivity index (χ4v) is 3.04. The lowest BCUT2D eigenvalue weighted by Gasteiger charge is -2.11. The molecule has 1 aromatic carbocycles. The molecule has 1 aromatic rings. The van der Waals surface area contributed by atoms with E-state index in [1.54, 1.807) is 6.07 Å². The Hall–Kier alpha value is -2.11. The molecular weight excluding hydrogens is 320 g/mol. The topological polar surface area (TPSA) is 81.5 Å². The molecular formula is C19H28N2O4. The zero-order chi connectivity index (χ0) is 18.2. The van der Waals surface area contributed by atoms with Gasteiger partial charge in [-0.15, -0.1) is 0 Å². The van der Waals surface area contributed by atoms with Crippen LogP contribution in [0.1, 0.15) is 68.9 Å². The maximum Gasteiger partial charge on any atom is 0.305 e. The second-order valence-corrected chi connectivity index (χ2v) is 6.65. The molecule has 0 amide bonds. The molecule has 0 heterocycles. The molecule has 6 heteroatoms. The van der Waals surface area contributed by atoms with Crippen molar-refractivity contribution in [2.24, 2.45) is 0 Å². The van der Waals surface area contributed by atoms with Gasteiger partial charge in [0.15, 0.2) is 0 Å². The van der Waals surface area contributed by atoms with Crippen molar-refractivity contribution in [2.75, 3.05) is 18.5 Å². The summed E-state index contributed by atoms with van der Waals surface area (Å²) in [5.41, 5.74) is 3.04. The van der Waals surface area contributed by atoms with Gasteiger partial charge in [-0.25, -0.2) is 0 Å². The number of nitrogens with zero attached hydrogens (tertiary/aromatic N) is 1. The highest BCUT2D eigenvalue weighted by molar-refractivity contribution is 5.69. The summed E-state index contributed by atoms with van der Waals surface area (Å²) in [6.07, 6.45) is 6.53. The summed E-state index contributed by atoms with van der Waals surface area (Å²) in [5, 5.41) is 14.5. The van der Waals surface area contributed by atoms with Gasteiger partial charge in [0.05, 0.1) is 11.5 Å². The number of carbonyl (C=O) groups excluding carboxylic acids is 1. The molecule has 0 radical (unpaired) electrons. The van der Waals surface area contributed by atoms with E-state index in [1.165, 1.54) is 18.4 Å². The second-order valence-electron chi connectivity index (χ2n) is 6.65. The van der Waals surface area contributed by atoms with Gasteiger partial charge < -0.3 is 10.1 Å². The quantitative estimate of drug-likeness (QED) is 0.271. The monoisotopic (exact) mass is 348 g/mol. The second kappa shape index (κ2) is 9.39. The van der Waals surface area contributed by atoms with Crippen LogP contribution < -0.4 is 5.32 Å². The van der Waals surface area contributed by atoms with Gasteiger partial charge in [-0.3, -0.25) is 14.9 Å². The van der Waals surface area contributed by atoms with Gasteiger partial charge in [-0.05, 0) is 62.6 Å². The number of nitro benzene ring substituents is 1. The molecule has 0 atom stereocenters. The van der Waals surface area contributed by atoms with E-state index >= 15 is 0 Å². The highest BCUT2D eigenvalue weighted by Gasteiger charge is 2.27. The predicted molar refractivity (Wildman–Crippen MR) is 98.0 cm³/mol. The normalized spacial score (nSPS) is 13.5. The number of nitrogens with one attached hydrogen (secondary N) is 1. The molecule has 2 rings (SSSR count). The molecule has 1 aliphatic rings. The average molecular weight is 348 g/mol. The molecule has 1 N–H and O–H groups in total. The lowest BCUT2D eigenvalue weighted by atomic mass is 10.0. The number of ether oxygens (including phenoxy) is 1. The third-order valence-electron chi connectivity index (χ3n) is 4.53. The molecule has 6 nitrogen and oxygen atoms in total. The molecule has 0 aliphatic heterocycles. The molecule has 1 fully saturated rings. The van der Waals surface area contributed by atoms with Crippen LogP contribution in [-0.2, 0) is 9.53 Å². The fourth-order valence-electron chi connectivity index (χ4n) is 3.04. The first-order valence-electron chi connectivity index (χ1n) is 9.21. The van der Waals surface area contributed by atoms with Crippen molar-refractivity contribution in [1.29, 1.82) is 0 Å². The smallest absolute Gasteiger partial charge is 0.305 e. The molecule has 1 saturated carbocycles. The number of hydrogen-bond donors (Lipinski definition) is 1. The Morgan fingerprint density at radius 3 is 2.64 bits per heavy atom. The highest BCUT2D eigenvalue weighted by Crippen LogP contribution is 2.44. The molecule has 1 aliphatic carbocycles. The maximum absolute atomic E-state index is 11.3. The number of unbranched alkanes of at least 4 members (excludes halogenated alkanes) is 3. The third-order valence-corrected chi connectivity index (χ3v) is 4.53. The summed E-state index contributed by atoms with van der Waals surface area (Å²) >= 11 is 0. The van der Waals surface area contributed by atoms with Crippen molar-refractivity contribution in [3.05, 3.63) is 33.4 Å². The Balaban J connectivity index is 1.77. The van der Waals surface area contributed by atoms with E-state index in [0.29, 0.717) is 31.2 Å². The minimum absolute atomic E-state index is 0.136. The lowest BCUT2D eigenvalue weighted by Crippen LogP contribution is -2.06. The maximum atomic E-state index is 11.3. The molecule has 0 spiro atoms. The minimum atomic E-state index is -0.314. The van der Waals surface area contributed by atoms with Crippen molar-refractivity contribution in [3.8, 4) is 0 Å². The number of nitro groups is 1. The van der Waals surface area contributed by atoms with Crippen molar-refractivity contribution >= 4 is 17.3 Å². The first-order chi connectivity index (χ1) is 12.0. The van der Waals surface area contributed by atoms with E-state index in [1.807, 2.05) is 19.9 Å². The largest absolute Gasteiger partial charge is 0.466 e. The standard InChI is InChI=1S/C19H28N2O4/c1-3-25-19(22)8-6-4-5-7-11-20-17-13-16(15-9-10-15)14(2)12-18(17)21(23)24/h12-13,15,20H,3-11H2,1-2H3. The molecule has 25 heavy (non-hydrogen) atoms. The average Bonchev–Trinajstić information content (AvgIpc) is 3.39. The summed E-state index contributed by atoms with van der Waals surface area (Å²) in [4.78, 5) is 22.2. The zero-order valence-corrected chi connectivity index (χ0v) is 15.2. The number of benzene rings is 1. The van der Waals surface area contributed by atoms with Crippen LogP contribution >= 0.6 is 0 Å². The van der Waals surface area contributed by atoms with Crippen LogP contribution in [0.2, 0.25) is 0 Å². The van der Waals surface area contributed by atoms with E-state index in [9.17, 15) is 14.9 Å². The fraction of sp³-hybridized carbons (Fsp3) is 0.632. The zero-order valence-electron chi connectivity index (χ0n) is 15.2. The Labute approximate surface area is 149 Å². The number of aryl methyl sites for hydroxylation is 1. The van der Waals surface area contributed by atoms with Crippen molar-refractivity contribution in [1.82, 2.24) is 0 Å². The van der Waals surface area contributed by atoms with Gasteiger partial charge in [0.2, 0.25) is 0 Å². The van der Waals surface area contributed by atoms with E-state index in [-0.39, 0.29) is 16.6 Å². The molecule has 0 bridgehead atoms. The summed E-state index contributed by atoms with van der Waals surface area (Å²) in [5.74, 6) is 0.438. The minimum Gasteiger partial charge on any atom is -0.466 e. The lowest BCUT2D eigenvalue weighted by molar-refractivity contribution is -0.384. The van der Waals surface area contributed by atoms with E-state index < -0.39 is 0 Å². The van der Waals surface area contributed by atoms with Crippen LogP contribution in [0.4, 0.5) is 11.4 Å². The molecule has 0 unspecified atom stereocenters. The van der Waals surface area contributed by atoms with Crippen LogP contribution in [-0.4, -0.2) is 24.0 Å². The van der Waals surface area contributed by atoms with Crippen molar-refractivity contribution in [3.63, 3.8) is 0 Å². The number of carbonyl (C=O) groups is 1. The van der Waals surface area contributed by atoms with Gasteiger partial charge in [0.25, 0.3) is 5.69 Å². The Bertz CT molecular complexity index is 612. The predicted octanol–water partition coefficient (Wildman–Crippen LogP) is 4.71. The molecule has 0 aromatic heterocycles. The SMILES string of the molecule is CCOC(=O)CCCCCCNc1cc(C2CC2)c(C)cc1[N+](=O)[O-]. The first-order valence-corrected chi connectivity index (χ1v) is 9.21. The molecule has 138 valence electrons. The van der Waals surface area contributed by atoms with Gasteiger partial charge in [0.1, 0.15) is 5.69 Å².